The summed E-state index contributed by atoms with van der Waals surface area (Å²) >= 11 is 5.93. The van der Waals surface area contributed by atoms with E-state index in [1.807, 2.05) is 0 Å². The SMILES string of the molecule is CS(=O)(=O)c1ccc(CCCO)c(Cl)c1. The van der Waals surface area contributed by atoms with Crippen LogP contribution in [0.5, 0.6) is 0 Å². The molecule has 1 aromatic rings. The van der Waals surface area contributed by atoms with E-state index in [9.17, 15) is 8.42 Å². The molecule has 0 radical (unpaired) electrons. The number of aliphatic hydroxyl groups is 1. The van der Waals surface area contributed by atoms with Crippen molar-refractivity contribution in [2.45, 2.75) is 17.7 Å². The standard InChI is InChI=1S/C10H13ClO3S/c1-15(13,14)9-5-4-8(3-2-6-12)10(11)7-9/h4-5,7,12H,2-3,6H2,1H3. The van der Waals surface area contributed by atoms with Gasteiger partial charge in [0.05, 0.1) is 4.90 Å². The molecule has 1 aromatic carbocycles. The first-order chi connectivity index (χ1) is 6.95. The lowest BCUT2D eigenvalue weighted by Crippen LogP contribution is -1.98. The molecule has 0 saturated heterocycles. The van der Waals surface area contributed by atoms with Gasteiger partial charge in [0.25, 0.3) is 0 Å². The van der Waals surface area contributed by atoms with Crippen LogP contribution >= 0.6 is 11.6 Å². The number of hydrogen-bond acceptors (Lipinski definition) is 3. The van der Waals surface area contributed by atoms with Crippen molar-refractivity contribution in [2.75, 3.05) is 12.9 Å². The maximum Gasteiger partial charge on any atom is 0.175 e. The Balaban J connectivity index is 2.99. The molecular formula is C10H13ClO3S. The number of halogens is 1. The molecule has 0 bridgehead atoms. The van der Waals surface area contributed by atoms with E-state index >= 15 is 0 Å². The molecule has 84 valence electrons. The number of sulfone groups is 1. The molecule has 0 aliphatic heterocycles. The van der Waals surface area contributed by atoms with Gasteiger partial charge in [0.15, 0.2) is 9.84 Å². The van der Waals surface area contributed by atoms with E-state index in [1.54, 1.807) is 6.07 Å². The van der Waals surface area contributed by atoms with Gasteiger partial charge < -0.3 is 5.11 Å². The summed E-state index contributed by atoms with van der Waals surface area (Å²) in [5, 5.41) is 9.10. The quantitative estimate of drug-likeness (QED) is 0.882. The first-order valence-electron chi connectivity index (χ1n) is 4.54. The molecule has 15 heavy (non-hydrogen) atoms. The third-order valence-electron chi connectivity index (χ3n) is 2.06. The van der Waals surface area contributed by atoms with Crippen molar-refractivity contribution in [2.24, 2.45) is 0 Å². The van der Waals surface area contributed by atoms with Crippen LogP contribution in [0.2, 0.25) is 5.02 Å². The predicted octanol–water partition coefficient (Wildman–Crippen LogP) is 1.67. The molecular weight excluding hydrogens is 236 g/mol. The van der Waals surface area contributed by atoms with Crippen LogP contribution in [-0.2, 0) is 16.3 Å². The van der Waals surface area contributed by atoms with E-state index in [4.69, 9.17) is 16.7 Å². The van der Waals surface area contributed by atoms with E-state index in [1.165, 1.54) is 12.1 Å². The Labute approximate surface area is 94.6 Å². The molecule has 0 aromatic heterocycles. The fraction of sp³-hybridized carbons (Fsp3) is 0.400. The summed E-state index contributed by atoms with van der Waals surface area (Å²) in [6.07, 6.45) is 2.42. The van der Waals surface area contributed by atoms with Gasteiger partial charge in [-0.15, -0.1) is 0 Å². The molecule has 0 unspecified atom stereocenters. The average molecular weight is 249 g/mol. The lowest BCUT2D eigenvalue weighted by atomic mass is 10.1. The number of benzene rings is 1. The zero-order chi connectivity index (χ0) is 11.5. The number of aliphatic hydroxyl groups excluding tert-OH is 1. The molecule has 0 atom stereocenters. The number of aryl methyl sites for hydroxylation is 1. The van der Waals surface area contributed by atoms with E-state index in [0.29, 0.717) is 17.9 Å². The number of rotatable bonds is 4. The van der Waals surface area contributed by atoms with Crippen molar-refractivity contribution in [1.29, 1.82) is 0 Å². The maximum absolute atomic E-state index is 11.2. The zero-order valence-corrected chi connectivity index (χ0v) is 9.98. The Kier molecular flexibility index (Phi) is 4.13. The second kappa shape index (κ2) is 4.96. The Morgan fingerprint density at radius 1 is 1.40 bits per heavy atom. The van der Waals surface area contributed by atoms with Crippen LogP contribution in [0.25, 0.3) is 0 Å². The van der Waals surface area contributed by atoms with Gasteiger partial charge in [-0.05, 0) is 30.5 Å². The average Bonchev–Trinajstić information content (AvgIpc) is 2.14. The van der Waals surface area contributed by atoms with E-state index in [2.05, 4.69) is 0 Å². The summed E-state index contributed by atoms with van der Waals surface area (Å²) < 4.78 is 22.4. The Bertz CT molecular complexity index is 440. The van der Waals surface area contributed by atoms with Gasteiger partial charge in [0, 0.05) is 17.9 Å². The third kappa shape index (κ3) is 3.48. The van der Waals surface area contributed by atoms with Crippen LogP contribution in [0.3, 0.4) is 0 Å². The molecule has 0 heterocycles. The van der Waals surface area contributed by atoms with Crippen LogP contribution in [0.4, 0.5) is 0 Å². The zero-order valence-electron chi connectivity index (χ0n) is 8.40. The summed E-state index contributed by atoms with van der Waals surface area (Å²) in [4.78, 5) is 0.222. The second-order valence-electron chi connectivity index (χ2n) is 3.35. The first kappa shape index (κ1) is 12.5. The van der Waals surface area contributed by atoms with Crippen molar-refractivity contribution in [1.82, 2.24) is 0 Å². The highest BCUT2D eigenvalue weighted by Gasteiger charge is 2.09. The molecule has 1 rings (SSSR count). The van der Waals surface area contributed by atoms with Gasteiger partial charge in [-0.25, -0.2) is 8.42 Å². The Hall–Kier alpha value is -0.580. The van der Waals surface area contributed by atoms with Crippen molar-refractivity contribution < 1.29 is 13.5 Å². The topological polar surface area (TPSA) is 54.4 Å². The largest absolute Gasteiger partial charge is 0.396 e. The van der Waals surface area contributed by atoms with Crippen molar-refractivity contribution in [3.63, 3.8) is 0 Å². The minimum Gasteiger partial charge on any atom is -0.396 e. The molecule has 3 nitrogen and oxygen atoms in total. The minimum absolute atomic E-state index is 0.101. The van der Waals surface area contributed by atoms with Crippen LogP contribution in [0, 0.1) is 0 Å². The summed E-state index contributed by atoms with van der Waals surface area (Å²) in [6.45, 7) is 0.101. The van der Waals surface area contributed by atoms with Gasteiger partial charge in [0.1, 0.15) is 0 Å². The maximum atomic E-state index is 11.2. The van der Waals surface area contributed by atoms with Crippen LogP contribution in [0.15, 0.2) is 23.1 Å². The van der Waals surface area contributed by atoms with Crippen molar-refractivity contribution in [3.05, 3.63) is 28.8 Å². The minimum atomic E-state index is -3.20. The molecule has 1 N–H and O–H groups in total. The monoisotopic (exact) mass is 248 g/mol. The highest BCUT2D eigenvalue weighted by atomic mass is 35.5. The number of hydrogen-bond donors (Lipinski definition) is 1. The third-order valence-corrected chi connectivity index (χ3v) is 3.52. The highest BCUT2D eigenvalue weighted by Crippen LogP contribution is 2.21. The van der Waals surface area contributed by atoms with Crippen molar-refractivity contribution in [3.8, 4) is 0 Å². The van der Waals surface area contributed by atoms with Gasteiger partial charge in [-0.2, -0.15) is 0 Å². The summed E-state index contributed by atoms with van der Waals surface area (Å²) in [6, 6.07) is 4.67. The second-order valence-corrected chi connectivity index (χ2v) is 5.78. The van der Waals surface area contributed by atoms with E-state index in [-0.39, 0.29) is 11.5 Å². The summed E-state index contributed by atoms with van der Waals surface area (Å²) in [5.41, 5.74) is 0.859. The summed E-state index contributed by atoms with van der Waals surface area (Å²) in [5.74, 6) is 0. The van der Waals surface area contributed by atoms with Gasteiger partial charge in [-0.1, -0.05) is 17.7 Å². The molecule has 0 aliphatic carbocycles. The molecule has 0 fully saturated rings. The van der Waals surface area contributed by atoms with Crippen molar-refractivity contribution >= 4 is 21.4 Å². The van der Waals surface area contributed by atoms with Gasteiger partial charge >= 0.3 is 0 Å². The van der Waals surface area contributed by atoms with Gasteiger partial charge in [-0.3, -0.25) is 0 Å². The van der Waals surface area contributed by atoms with E-state index in [0.717, 1.165) is 11.8 Å². The molecule has 0 aliphatic rings. The van der Waals surface area contributed by atoms with Crippen LogP contribution < -0.4 is 0 Å². The molecule has 0 amide bonds. The Morgan fingerprint density at radius 3 is 2.53 bits per heavy atom. The first-order valence-corrected chi connectivity index (χ1v) is 6.81. The lowest BCUT2D eigenvalue weighted by Gasteiger charge is -2.05. The fourth-order valence-corrected chi connectivity index (χ4v) is 2.22. The fourth-order valence-electron chi connectivity index (χ4n) is 1.23. The normalized spacial score (nSPS) is 11.7. The smallest absolute Gasteiger partial charge is 0.175 e. The predicted molar refractivity (Wildman–Crippen MR) is 60.0 cm³/mol. The van der Waals surface area contributed by atoms with Gasteiger partial charge in [0.2, 0.25) is 0 Å². The molecule has 0 spiro atoms. The molecule has 0 saturated carbocycles. The molecule has 5 heteroatoms. The van der Waals surface area contributed by atoms with E-state index < -0.39 is 9.84 Å². The highest BCUT2D eigenvalue weighted by molar-refractivity contribution is 7.90. The van der Waals surface area contributed by atoms with Crippen LogP contribution in [-0.4, -0.2) is 26.4 Å². The Morgan fingerprint density at radius 2 is 2.07 bits per heavy atom. The van der Waals surface area contributed by atoms with Crippen LogP contribution in [0.1, 0.15) is 12.0 Å². The summed E-state index contributed by atoms with van der Waals surface area (Å²) in [7, 11) is -3.20. The lowest BCUT2D eigenvalue weighted by molar-refractivity contribution is 0.288.